The highest BCUT2D eigenvalue weighted by atomic mass is 35.5. The minimum Gasteiger partial charge on any atom is -0.482 e. The fourth-order valence-electron chi connectivity index (χ4n) is 2.29. The summed E-state index contributed by atoms with van der Waals surface area (Å²) in [7, 11) is 0. The monoisotopic (exact) mass is 395 g/mol. The number of nitrogens with one attached hydrogen (secondary N) is 1. The van der Waals surface area contributed by atoms with E-state index in [0.29, 0.717) is 22.3 Å². The van der Waals surface area contributed by atoms with Gasteiger partial charge in [0.1, 0.15) is 5.75 Å². The van der Waals surface area contributed by atoms with Gasteiger partial charge >= 0.3 is 0 Å². The van der Waals surface area contributed by atoms with Crippen molar-refractivity contribution in [2.45, 2.75) is 6.04 Å². The van der Waals surface area contributed by atoms with E-state index >= 15 is 0 Å². The van der Waals surface area contributed by atoms with Gasteiger partial charge in [0.15, 0.2) is 6.61 Å². The molecular formula is C17H15Cl2N3O2S. The van der Waals surface area contributed by atoms with E-state index in [0.717, 1.165) is 5.56 Å². The number of halogens is 2. The molecule has 1 atom stereocenters. The largest absolute Gasteiger partial charge is 0.482 e. The molecule has 3 aromatic rings. The van der Waals surface area contributed by atoms with E-state index in [9.17, 15) is 4.79 Å². The zero-order valence-electron chi connectivity index (χ0n) is 13.1. The highest BCUT2D eigenvalue weighted by Gasteiger charge is 2.16. The molecule has 0 aliphatic rings. The molecular weight excluding hydrogens is 381 g/mol. The highest BCUT2D eigenvalue weighted by molar-refractivity contribution is 7.08. The molecule has 0 fully saturated rings. The van der Waals surface area contributed by atoms with Crippen LogP contribution in [0, 0.1) is 0 Å². The Kier molecular flexibility index (Phi) is 5.96. The third-order valence-corrected chi connectivity index (χ3v) is 4.75. The van der Waals surface area contributed by atoms with Crippen molar-refractivity contribution in [3.05, 3.63) is 69.1 Å². The van der Waals surface area contributed by atoms with Crippen LogP contribution in [0.4, 0.5) is 0 Å². The summed E-state index contributed by atoms with van der Waals surface area (Å²) in [5.74, 6) is 0.182. The van der Waals surface area contributed by atoms with E-state index < -0.39 is 0 Å². The second-order valence-corrected chi connectivity index (χ2v) is 6.85. The second kappa shape index (κ2) is 8.38. The van der Waals surface area contributed by atoms with Gasteiger partial charge in [-0.25, -0.2) is 0 Å². The van der Waals surface area contributed by atoms with Crippen molar-refractivity contribution in [2.75, 3.05) is 13.2 Å². The lowest BCUT2D eigenvalue weighted by Crippen LogP contribution is -2.34. The van der Waals surface area contributed by atoms with Gasteiger partial charge in [0.05, 0.1) is 11.1 Å². The number of carbonyl (C=O) groups excluding carboxylic acids is 1. The molecule has 0 saturated heterocycles. The van der Waals surface area contributed by atoms with Gasteiger partial charge in [-0.15, -0.1) is 0 Å². The summed E-state index contributed by atoms with van der Waals surface area (Å²) in [6, 6.07) is 8.67. The van der Waals surface area contributed by atoms with Gasteiger partial charge < -0.3 is 10.1 Å². The SMILES string of the molecule is O=C(COc1ccc(Cl)cc1Cl)NCC(c1ccsc1)n1cccn1. The van der Waals surface area contributed by atoms with Gasteiger partial charge in [-0.3, -0.25) is 9.48 Å². The Hall–Kier alpha value is -2.02. The number of hydrogen-bond donors (Lipinski definition) is 1. The molecule has 1 N–H and O–H groups in total. The van der Waals surface area contributed by atoms with Crippen LogP contribution in [0.25, 0.3) is 0 Å². The first-order chi connectivity index (χ1) is 12.1. The van der Waals surface area contributed by atoms with Crippen LogP contribution in [0.1, 0.15) is 11.6 Å². The van der Waals surface area contributed by atoms with E-state index in [2.05, 4.69) is 10.4 Å². The van der Waals surface area contributed by atoms with Crippen molar-refractivity contribution in [3.8, 4) is 5.75 Å². The third-order valence-electron chi connectivity index (χ3n) is 3.52. The van der Waals surface area contributed by atoms with Gasteiger partial charge in [0.25, 0.3) is 5.91 Å². The zero-order chi connectivity index (χ0) is 17.6. The maximum atomic E-state index is 12.1. The lowest BCUT2D eigenvalue weighted by atomic mass is 10.1. The Morgan fingerprint density at radius 2 is 2.24 bits per heavy atom. The van der Waals surface area contributed by atoms with E-state index in [1.54, 1.807) is 35.7 Å². The molecule has 1 amide bonds. The molecule has 8 heteroatoms. The van der Waals surface area contributed by atoms with Crippen molar-refractivity contribution in [3.63, 3.8) is 0 Å². The first-order valence-corrected chi connectivity index (χ1v) is 9.19. The molecule has 25 heavy (non-hydrogen) atoms. The fraction of sp³-hybridized carbons (Fsp3) is 0.176. The molecule has 0 aliphatic carbocycles. The van der Waals surface area contributed by atoms with Crippen LogP contribution in [0.2, 0.25) is 10.0 Å². The number of hydrogen-bond acceptors (Lipinski definition) is 4. The van der Waals surface area contributed by atoms with E-state index in [-0.39, 0.29) is 18.6 Å². The van der Waals surface area contributed by atoms with Gasteiger partial charge in [-0.2, -0.15) is 16.4 Å². The number of aromatic nitrogens is 2. The summed E-state index contributed by atoms with van der Waals surface area (Å²) in [6.45, 7) is 0.284. The Labute approximate surface area is 159 Å². The van der Waals surface area contributed by atoms with Crippen molar-refractivity contribution in [2.24, 2.45) is 0 Å². The fourth-order valence-corrected chi connectivity index (χ4v) is 3.46. The normalized spacial score (nSPS) is 11.9. The number of rotatable bonds is 7. The third kappa shape index (κ3) is 4.75. The average Bonchev–Trinajstić information content (AvgIpc) is 3.28. The lowest BCUT2D eigenvalue weighted by Gasteiger charge is -2.17. The molecule has 5 nitrogen and oxygen atoms in total. The molecule has 3 rings (SSSR count). The van der Waals surface area contributed by atoms with E-state index in [1.807, 2.05) is 33.8 Å². The number of thiophene rings is 1. The minimum atomic E-state index is -0.238. The average molecular weight is 396 g/mol. The van der Waals surface area contributed by atoms with Crippen molar-refractivity contribution in [1.82, 2.24) is 15.1 Å². The summed E-state index contributed by atoms with van der Waals surface area (Å²) in [5.41, 5.74) is 1.09. The van der Waals surface area contributed by atoms with Gasteiger partial charge in [0.2, 0.25) is 0 Å². The van der Waals surface area contributed by atoms with E-state index in [1.165, 1.54) is 0 Å². The quantitative estimate of drug-likeness (QED) is 0.656. The molecule has 0 aliphatic heterocycles. The standard InChI is InChI=1S/C17H15Cl2N3O2S/c18-13-2-3-16(14(19)8-13)24-10-17(23)20-9-15(12-4-7-25-11-12)22-6-1-5-21-22/h1-8,11,15H,9-10H2,(H,20,23). The Morgan fingerprint density at radius 3 is 2.92 bits per heavy atom. The van der Waals surface area contributed by atoms with Crippen LogP contribution >= 0.6 is 34.5 Å². The van der Waals surface area contributed by atoms with Gasteiger partial charge in [-0.05, 0) is 46.7 Å². The highest BCUT2D eigenvalue weighted by Crippen LogP contribution is 2.27. The van der Waals surface area contributed by atoms with Crippen molar-refractivity contribution < 1.29 is 9.53 Å². The van der Waals surface area contributed by atoms with Crippen LogP contribution in [-0.2, 0) is 4.79 Å². The van der Waals surface area contributed by atoms with Gasteiger partial charge in [0, 0.05) is 24.0 Å². The zero-order valence-corrected chi connectivity index (χ0v) is 15.4. The Balaban J connectivity index is 1.57. The summed E-state index contributed by atoms with van der Waals surface area (Å²) in [6.07, 6.45) is 3.59. The number of amides is 1. The Morgan fingerprint density at radius 1 is 1.36 bits per heavy atom. The summed E-state index contributed by atoms with van der Waals surface area (Å²) < 4.78 is 7.26. The predicted molar refractivity (Wildman–Crippen MR) is 99.7 cm³/mol. The van der Waals surface area contributed by atoms with Crippen LogP contribution in [0.3, 0.4) is 0 Å². The number of benzene rings is 1. The molecule has 0 saturated carbocycles. The predicted octanol–water partition coefficient (Wildman–Crippen LogP) is 4.04. The molecule has 0 radical (unpaired) electrons. The Bertz CT molecular complexity index is 788. The lowest BCUT2D eigenvalue weighted by molar-refractivity contribution is -0.123. The van der Waals surface area contributed by atoms with Crippen molar-refractivity contribution in [1.29, 1.82) is 0 Å². The topological polar surface area (TPSA) is 56.1 Å². The van der Waals surface area contributed by atoms with E-state index in [4.69, 9.17) is 27.9 Å². The number of ether oxygens (including phenoxy) is 1. The molecule has 2 heterocycles. The van der Waals surface area contributed by atoms with Crippen LogP contribution < -0.4 is 10.1 Å². The number of nitrogens with zero attached hydrogens (tertiary/aromatic N) is 2. The number of carbonyl (C=O) groups is 1. The summed E-state index contributed by atoms with van der Waals surface area (Å²) in [4.78, 5) is 12.1. The van der Waals surface area contributed by atoms with Crippen LogP contribution in [-0.4, -0.2) is 28.8 Å². The second-order valence-electron chi connectivity index (χ2n) is 5.23. The molecule has 0 bridgehead atoms. The minimum absolute atomic E-state index is 0.0654. The molecule has 0 spiro atoms. The maximum Gasteiger partial charge on any atom is 0.258 e. The molecule has 130 valence electrons. The smallest absolute Gasteiger partial charge is 0.258 e. The molecule has 1 unspecified atom stereocenters. The maximum absolute atomic E-state index is 12.1. The molecule has 2 aromatic heterocycles. The van der Waals surface area contributed by atoms with Crippen LogP contribution in [0.15, 0.2) is 53.5 Å². The van der Waals surface area contributed by atoms with Gasteiger partial charge in [-0.1, -0.05) is 23.2 Å². The molecule has 1 aromatic carbocycles. The first-order valence-electron chi connectivity index (χ1n) is 7.49. The summed E-state index contributed by atoms with van der Waals surface area (Å²) in [5, 5.41) is 12.1. The first kappa shape index (κ1) is 17.8. The van der Waals surface area contributed by atoms with Crippen molar-refractivity contribution >= 4 is 40.4 Å². The summed E-state index contributed by atoms with van der Waals surface area (Å²) >= 11 is 13.5. The van der Waals surface area contributed by atoms with Crippen LogP contribution in [0.5, 0.6) is 5.75 Å².